The van der Waals surface area contributed by atoms with E-state index in [9.17, 15) is 12.6 Å². The molecule has 1 atom stereocenters. The maximum atomic E-state index is 11.6. The van der Waals surface area contributed by atoms with Crippen LogP contribution in [0.1, 0.15) is 63.8 Å². The lowest BCUT2D eigenvalue weighted by Crippen LogP contribution is -2.11. The highest BCUT2D eigenvalue weighted by molar-refractivity contribution is 7.91. The van der Waals surface area contributed by atoms with Gasteiger partial charge in [-0.05, 0) is 70.3 Å². The zero-order valence-electron chi connectivity index (χ0n) is 23.8. The van der Waals surface area contributed by atoms with E-state index in [1.807, 2.05) is 31.2 Å². The Labute approximate surface area is 235 Å². The Bertz CT molecular complexity index is 1490. The van der Waals surface area contributed by atoms with Crippen molar-refractivity contribution >= 4 is 20.6 Å². The smallest absolute Gasteiger partial charge is 0.216 e. The number of ether oxygens (including phenoxy) is 3. The molecule has 3 aromatic carbocycles. The summed E-state index contributed by atoms with van der Waals surface area (Å²) in [5.41, 5.74) is 5.10. The number of fused-ring (bicyclic) bond motifs is 3. The molecule has 3 aromatic rings. The standard InChI is InChI=1S/C12H16O.C11H14O3S.C8H8O2S/c1-12(2,3)10-4-5-11-9(8-10)6-7-13-11;1-11(2,3)8-4-5-9-10(6-8)15(12,13)7-14-9;1-6-2-3-7-8(4-6)11(9)5-10-7/h4-5,8H,6-7H2,1-3H3;4-6H,7H2,1-3H3;2-4H,5H2,1H3. The minimum atomic E-state index is -3.21. The molecule has 3 aliphatic rings. The molecule has 0 bridgehead atoms. The molecule has 0 fully saturated rings. The average Bonchev–Trinajstić information content (AvgIpc) is 3.56. The van der Waals surface area contributed by atoms with Crippen molar-refractivity contribution in [1.29, 1.82) is 0 Å². The molecule has 8 heteroatoms. The molecule has 39 heavy (non-hydrogen) atoms. The lowest BCUT2D eigenvalue weighted by atomic mass is 9.86. The van der Waals surface area contributed by atoms with Crippen molar-refractivity contribution in [2.24, 2.45) is 0 Å². The summed E-state index contributed by atoms with van der Waals surface area (Å²) in [4.78, 5) is 1.17. The second-order valence-electron chi connectivity index (χ2n) is 12.0. The van der Waals surface area contributed by atoms with Crippen LogP contribution in [0, 0.1) is 6.92 Å². The Kier molecular flexibility index (Phi) is 8.20. The van der Waals surface area contributed by atoms with Gasteiger partial charge in [0.15, 0.2) is 11.9 Å². The van der Waals surface area contributed by atoms with E-state index in [0.717, 1.165) is 40.5 Å². The van der Waals surface area contributed by atoms with Crippen molar-refractivity contribution in [2.45, 2.75) is 75.5 Å². The first-order valence-corrected chi connectivity index (χ1v) is 16.0. The van der Waals surface area contributed by atoms with Crippen LogP contribution in [0.5, 0.6) is 17.2 Å². The van der Waals surface area contributed by atoms with Crippen LogP contribution in [0.25, 0.3) is 0 Å². The van der Waals surface area contributed by atoms with E-state index >= 15 is 0 Å². The lowest BCUT2D eigenvalue weighted by Gasteiger charge is -2.19. The van der Waals surface area contributed by atoms with E-state index in [0.29, 0.717) is 16.6 Å². The summed E-state index contributed by atoms with van der Waals surface area (Å²) in [7, 11) is -4.14. The monoisotopic (exact) mass is 570 g/mol. The van der Waals surface area contributed by atoms with Crippen molar-refractivity contribution in [3.05, 3.63) is 76.9 Å². The first kappa shape index (κ1) is 29.2. The molecule has 0 N–H and O–H groups in total. The summed E-state index contributed by atoms with van der Waals surface area (Å²) >= 11 is 0. The van der Waals surface area contributed by atoms with Gasteiger partial charge in [-0.15, -0.1) is 0 Å². The number of aryl methyl sites for hydroxylation is 1. The molecule has 0 saturated carbocycles. The average molecular weight is 571 g/mol. The van der Waals surface area contributed by atoms with Crippen LogP contribution in [0.15, 0.2) is 64.4 Å². The number of sulfone groups is 1. The van der Waals surface area contributed by atoms with Gasteiger partial charge in [-0.1, -0.05) is 65.8 Å². The van der Waals surface area contributed by atoms with E-state index in [4.69, 9.17) is 14.2 Å². The number of hydrogen-bond donors (Lipinski definition) is 0. The van der Waals surface area contributed by atoms with E-state index < -0.39 is 20.6 Å². The van der Waals surface area contributed by atoms with Gasteiger partial charge in [0, 0.05) is 6.42 Å². The third-order valence-corrected chi connectivity index (χ3v) is 9.29. The van der Waals surface area contributed by atoms with E-state index in [1.54, 1.807) is 12.1 Å². The second kappa shape index (κ2) is 11.0. The van der Waals surface area contributed by atoms with E-state index in [1.165, 1.54) is 11.1 Å². The molecule has 3 aliphatic heterocycles. The van der Waals surface area contributed by atoms with Crippen LogP contribution >= 0.6 is 0 Å². The Morgan fingerprint density at radius 1 is 0.744 bits per heavy atom. The molecule has 0 spiro atoms. The van der Waals surface area contributed by atoms with Gasteiger partial charge < -0.3 is 14.2 Å². The maximum Gasteiger partial charge on any atom is 0.216 e. The Morgan fingerprint density at radius 2 is 1.36 bits per heavy atom. The molecule has 0 amide bonds. The predicted octanol–water partition coefficient (Wildman–Crippen LogP) is 6.48. The van der Waals surface area contributed by atoms with Crippen molar-refractivity contribution < 1.29 is 26.8 Å². The summed E-state index contributed by atoms with van der Waals surface area (Å²) in [5, 5.41) is 0. The predicted molar refractivity (Wildman–Crippen MR) is 155 cm³/mol. The minimum Gasteiger partial charge on any atom is -0.493 e. The molecule has 0 radical (unpaired) electrons. The van der Waals surface area contributed by atoms with Gasteiger partial charge in [0.25, 0.3) is 0 Å². The van der Waals surface area contributed by atoms with Gasteiger partial charge in [0.05, 0.1) is 22.3 Å². The molecule has 6 rings (SSSR count). The highest BCUT2D eigenvalue weighted by atomic mass is 32.2. The fourth-order valence-corrected chi connectivity index (χ4v) is 6.47. The molecular weight excluding hydrogens is 532 g/mol. The fraction of sp³-hybridized carbons (Fsp3) is 0.419. The molecule has 0 aliphatic carbocycles. The second-order valence-corrected chi connectivity index (χ2v) is 15.3. The third-order valence-electron chi connectivity index (χ3n) is 6.74. The maximum absolute atomic E-state index is 11.6. The van der Waals surface area contributed by atoms with Gasteiger partial charge >= 0.3 is 0 Å². The fourth-order valence-electron chi connectivity index (χ4n) is 4.29. The van der Waals surface area contributed by atoms with Crippen molar-refractivity contribution in [2.75, 3.05) is 18.5 Å². The highest BCUT2D eigenvalue weighted by Crippen LogP contribution is 2.35. The van der Waals surface area contributed by atoms with Crippen LogP contribution in [0.4, 0.5) is 0 Å². The SMILES string of the molecule is CC(C)(C)c1ccc2c(c1)CCO2.CC(C)(C)c1ccc2c(c1)S(=O)(=O)CO2.Cc1ccc2c(c1)S(=O)CO2. The quantitative estimate of drug-likeness (QED) is 0.308. The first-order chi connectivity index (χ1) is 18.1. The summed E-state index contributed by atoms with van der Waals surface area (Å²) in [6.07, 6.45) is 1.07. The Morgan fingerprint density at radius 3 is 2.03 bits per heavy atom. The summed E-state index contributed by atoms with van der Waals surface area (Å²) in [6, 6.07) is 17.7. The minimum absolute atomic E-state index is 0.0485. The highest BCUT2D eigenvalue weighted by Gasteiger charge is 2.29. The van der Waals surface area contributed by atoms with Gasteiger partial charge in [0.2, 0.25) is 9.84 Å². The summed E-state index contributed by atoms with van der Waals surface area (Å²) in [5.74, 6) is 2.42. The van der Waals surface area contributed by atoms with Gasteiger partial charge in [-0.3, -0.25) is 4.21 Å². The molecule has 1 unspecified atom stereocenters. The zero-order chi connectivity index (χ0) is 28.6. The first-order valence-electron chi connectivity index (χ1n) is 13.0. The van der Waals surface area contributed by atoms with Crippen molar-refractivity contribution in [3.63, 3.8) is 0 Å². The zero-order valence-corrected chi connectivity index (χ0v) is 25.4. The molecule has 6 nitrogen and oxygen atoms in total. The topological polar surface area (TPSA) is 78.9 Å². The number of rotatable bonds is 0. The molecular formula is C31H38O6S2. The van der Waals surface area contributed by atoms with Gasteiger partial charge in [-0.2, -0.15) is 0 Å². The molecule has 3 heterocycles. The molecule has 0 aromatic heterocycles. The van der Waals surface area contributed by atoms with E-state index in [2.05, 4.69) is 59.7 Å². The number of benzene rings is 3. The lowest BCUT2D eigenvalue weighted by molar-refractivity contribution is 0.356. The van der Waals surface area contributed by atoms with Gasteiger partial charge in [-0.25, -0.2) is 8.42 Å². The van der Waals surface area contributed by atoms with Crippen LogP contribution in [-0.4, -0.2) is 31.1 Å². The summed E-state index contributed by atoms with van der Waals surface area (Å²) in [6.45, 7) is 15.7. The molecule has 0 saturated heterocycles. The van der Waals surface area contributed by atoms with Crippen LogP contribution < -0.4 is 14.2 Å². The molecule has 210 valence electrons. The van der Waals surface area contributed by atoms with Crippen LogP contribution in [0.2, 0.25) is 0 Å². The van der Waals surface area contributed by atoms with E-state index in [-0.39, 0.29) is 16.8 Å². The summed E-state index contributed by atoms with van der Waals surface area (Å²) < 4.78 is 50.1. The van der Waals surface area contributed by atoms with Gasteiger partial charge in [0.1, 0.15) is 22.1 Å². The van der Waals surface area contributed by atoms with Crippen LogP contribution in [0.3, 0.4) is 0 Å². The number of hydrogen-bond acceptors (Lipinski definition) is 6. The van der Waals surface area contributed by atoms with Crippen molar-refractivity contribution in [3.8, 4) is 17.2 Å². The van der Waals surface area contributed by atoms with Crippen molar-refractivity contribution in [1.82, 2.24) is 0 Å². The Balaban J connectivity index is 0.000000137. The Hall–Kier alpha value is -2.84. The van der Waals surface area contributed by atoms with Crippen LogP contribution in [-0.2, 0) is 37.9 Å². The third kappa shape index (κ3) is 6.84. The largest absolute Gasteiger partial charge is 0.493 e. The normalized spacial score (nSPS) is 18.1.